The van der Waals surface area contributed by atoms with Crippen molar-refractivity contribution in [2.45, 2.75) is 0 Å². The number of halogens is 2. The number of rotatable bonds is 1. The van der Waals surface area contributed by atoms with Crippen molar-refractivity contribution in [3.05, 3.63) is 63.9 Å². The third-order valence-electron chi connectivity index (χ3n) is 2.94. The van der Waals surface area contributed by atoms with E-state index < -0.39 is 17.6 Å². The number of anilines is 1. The number of fused-ring (bicyclic) bond motifs is 1. The van der Waals surface area contributed by atoms with E-state index >= 15 is 0 Å². The van der Waals surface area contributed by atoms with Crippen LogP contribution in [0.4, 0.5) is 10.1 Å². The lowest BCUT2D eigenvalue weighted by Crippen LogP contribution is -2.29. The minimum absolute atomic E-state index is 0.340. The smallest absolute Gasteiger partial charge is 0.266 e. The maximum atomic E-state index is 13.1. The van der Waals surface area contributed by atoms with Gasteiger partial charge in [0, 0.05) is 4.47 Å². The Kier molecular flexibility index (Phi) is 2.71. The maximum absolute atomic E-state index is 13.1. The van der Waals surface area contributed by atoms with Crippen LogP contribution in [0.5, 0.6) is 0 Å². The van der Waals surface area contributed by atoms with Gasteiger partial charge in [-0.1, -0.05) is 12.1 Å². The van der Waals surface area contributed by atoms with Crippen LogP contribution < -0.4 is 4.90 Å². The van der Waals surface area contributed by atoms with Crippen LogP contribution >= 0.6 is 15.9 Å². The molecule has 3 nitrogen and oxygen atoms in total. The Morgan fingerprint density at radius 2 is 1.53 bits per heavy atom. The average Bonchev–Trinajstić information content (AvgIpc) is 2.64. The number of carbonyl (C=O) groups is 2. The Hall–Kier alpha value is -2.01. The van der Waals surface area contributed by atoms with E-state index in [1.165, 1.54) is 18.2 Å². The second-order valence-corrected chi connectivity index (χ2v) is 4.94. The monoisotopic (exact) mass is 319 g/mol. The second kappa shape index (κ2) is 4.28. The van der Waals surface area contributed by atoms with Crippen molar-refractivity contribution < 1.29 is 14.0 Å². The van der Waals surface area contributed by atoms with Crippen molar-refractivity contribution in [2.75, 3.05) is 4.90 Å². The molecule has 0 N–H and O–H groups in total. The highest BCUT2D eigenvalue weighted by molar-refractivity contribution is 9.10. The highest BCUT2D eigenvalue weighted by Gasteiger charge is 2.37. The van der Waals surface area contributed by atoms with Gasteiger partial charge >= 0.3 is 0 Å². The zero-order chi connectivity index (χ0) is 13.6. The molecule has 0 aliphatic carbocycles. The summed E-state index contributed by atoms with van der Waals surface area (Å²) < 4.78 is 13.4. The van der Waals surface area contributed by atoms with Crippen LogP contribution in [0.25, 0.3) is 0 Å². The molecule has 0 saturated heterocycles. The number of imide groups is 1. The number of hydrogen-bond acceptors (Lipinski definition) is 2. The molecule has 2 aromatic rings. The fraction of sp³-hybridized carbons (Fsp3) is 0. The van der Waals surface area contributed by atoms with Gasteiger partial charge in [-0.2, -0.15) is 0 Å². The Labute approximate surface area is 116 Å². The highest BCUT2D eigenvalue weighted by atomic mass is 79.9. The van der Waals surface area contributed by atoms with Gasteiger partial charge in [-0.05, 0) is 46.3 Å². The summed E-state index contributed by atoms with van der Waals surface area (Å²) in [5, 5.41) is 0. The quantitative estimate of drug-likeness (QED) is 0.755. The van der Waals surface area contributed by atoms with Crippen LogP contribution in [0.1, 0.15) is 20.7 Å². The maximum Gasteiger partial charge on any atom is 0.266 e. The van der Waals surface area contributed by atoms with Gasteiger partial charge < -0.3 is 0 Å². The van der Waals surface area contributed by atoms with Crippen LogP contribution in [-0.2, 0) is 0 Å². The van der Waals surface area contributed by atoms with Crippen LogP contribution in [0.3, 0.4) is 0 Å². The van der Waals surface area contributed by atoms with E-state index in [2.05, 4.69) is 15.9 Å². The summed E-state index contributed by atoms with van der Waals surface area (Å²) in [4.78, 5) is 25.5. The van der Waals surface area contributed by atoms with Gasteiger partial charge in [0.2, 0.25) is 0 Å². The zero-order valence-corrected chi connectivity index (χ0v) is 11.1. The average molecular weight is 320 g/mol. The standard InChI is InChI=1S/C14H7BrFNO2/c15-11-7-8(16)5-6-12(11)17-13(18)9-3-1-2-4-10(9)14(17)19/h1-7H. The molecule has 2 aromatic carbocycles. The minimum Gasteiger partial charge on any atom is -0.268 e. The molecule has 0 aromatic heterocycles. The minimum atomic E-state index is -0.438. The first-order valence-corrected chi connectivity index (χ1v) is 6.32. The predicted molar refractivity (Wildman–Crippen MR) is 71.7 cm³/mol. The molecule has 19 heavy (non-hydrogen) atoms. The first kappa shape index (κ1) is 12.0. The molecule has 1 aliphatic heterocycles. The molecule has 1 aliphatic rings. The molecule has 3 rings (SSSR count). The lowest BCUT2D eigenvalue weighted by molar-refractivity contribution is 0.0926. The summed E-state index contributed by atoms with van der Waals surface area (Å²) in [6.07, 6.45) is 0. The molecule has 0 fully saturated rings. The highest BCUT2D eigenvalue weighted by Crippen LogP contribution is 2.33. The van der Waals surface area contributed by atoms with Crippen molar-refractivity contribution in [1.29, 1.82) is 0 Å². The first-order chi connectivity index (χ1) is 9.09. The summed E-state index contributed by atoms with van der Waals surface area (Å²) in [7, 11) is 0. The summed E-state index contributed by atoms with van der Waals surface area (Å²) in [5.74, 6) is -1.23. The van der Waals surface area contributed by atoms with Crippen molar-refractivity contribution in [3.8, 4) is 0 Å². The van der Waals surface area contributed by atoms with Crippen molar-refractivity contribution in [3.63, 3.8) is 0 Å². The topological polar surface area (TPSA) is 37.4 Å². The first-order valence-electron chi connectivity index (χ1n) is 5.52. The van der Waals surface area contributed by atoms with E-state index in [1.807, 2.05) is 0 Å². The van der Waals surface area contributed by atoms with Gasteiger partial charge in [-0.3, -0.25) is 9.59 Å². The van der Waals surface area contributed by atoms with Gasteiger partial charge in [0.25, 0.3) is 11.8 Å². The van der Waals surface area contributed by atoms with E-state index in [-0.39, 0.29) is 0 Å². The van der Waals surface area contributed by atoms with E-state index in [9.17, 15) is 14.0 Å². The third-order valence-corrected chi connectivity index (χ3v) is 3.58. The summed E-state index contributed by atoms with van der Waals surface area (Å²) in [6, 6.07) is 10.4. The molecule has 5 heteroatoms. The predicted octanol–water partition coefficient (Wildman–Crippen LogP) is 3.39. The van der Waals surface area contributed by atoms with Crippen molar-refractivity contribution in [2.24, 2.45) is 0 Å². The number of hydrogen-bond donors (Lipinski definition) is 0. The van der Waals surface area contributed by atoms with Crippen molar-refractivity contribution >= 4 is 33.4 Å². The lowest BCUT2D eigenvalue weighted by Gasteiger charge is -2.15. The van der Waals surface area contributed by atoms with Crippen molar-refractivity contribution in [1.82, 2.24) is 0 Å². The molecule has 0 spiro atoms. The summed E-state index contributed by atoms with van der Waals surface area (Å²) in [5.41, 5.74) is 1.07. The molecule has 1 heterocycles. The fourth-order valence-electron chi connectivity index (χ4n) is 2.07. The van der Waals surface area contributed by atoms with Crippen LogP contribution in [-0.4, -0.2) is 11.8 Å². The fourth-order valence-corrected chi connectivity index (χ4v) is 2.60. The van der Waals surface area contributed by atoms with E-state index in [1.54, 1.807) is 24.3 Å². The molecule has 0 saturated carbocycles. The Balaban J connectivity index is 2.14. The Bertz CT molecular complexity index is 679. The van der Waals surface area contributed by atoms with Gasteiger partial charge in [-0.15, -0.1) is 0 Å². The lowest BCUT2D eigenvalue weighted by atomic mass is 10.1. The van der Waals surface area contributed by atoms with Gasteiger partial charge in [0.1, 0.15) is 5.82 Å². The summed E-state index contributed by atoms with van der Waals surface area (Å²) in [6.45, 7) is 0. The van der Waals surface area contributed by atoms with Gasteiger partial charge in [-0.25, -0.2) is 9.29 Å². The largest absolute Gasteiger partial charge is 0.268 e. The molecule has 0 bridgehead atoms. The van der Waals surface area contributed by atoms with Crippen LogP contribution in [0, 0.1) is 5.82 Å². The molecule has 0 atom stereocenters. The number of amides is 2. The Morgan fingerprint density at radius 1 is 0.947 bits per heavy atom. The number of carbonyl (C=O) groups excluding carboxylic acids is 2. The molecular weight excluding hydrogens is 313 g/mol. The second-order valence-electron chi connectivity index (χ2n) is 4.09. The Morgan fingerprint density at radius 3 is 2.05 bits per heavy atom. The molecule has 94 valence electrons. The van der Waals surface area contributed by atoms with Gasteiger partial charge in [0.15, 0.2) is 0 Å². The molecular formula is C14H7BrFNO2. The van der Waals surface area contributed by atoms with E-state index in [0.717, 1.165) is 4.90 Å². The normalized spacial score (nSPS) is 13.9. The molecule has 0 unspecified atom stereocenters. The molecule has 0 radical (unpaired) electrons. The zero-order valence-electron chi connectivity index (χ0n) is 9.56. The number of nitrogens with zero attached hydrogens (tertiary/aromatic N) is 1. The van der Waals surface area contributed by atoms with Crippen LogP contribution in [0.15, 0.2) is 46.9 Å². The SMILES string of the molecule is O=C1c2ccccc2C(=O)N1c1ccc(F)cc1Br. The van der Waals surface area contributed by atoms with E-state index in [0.29, 0.717) is 21.3 Å². The molecule has 2 amide bonds. The third kappa shape index (κ3) is 1.77. The van der Waals surface area contributed by atoms with Crippen LogP contribution in [0.2, 0.25) is 0 Å². The van der Waals surface area contributed by atoms with Gasteiger partial charge in [0.05, 0.1) is 16.8 Å². The summed E-state index contributed by atoms with van der Waals surface area (Å²) >= 11 is 3.17. The van der Waals surface area contributed by atoms with E-state index in [4.69, 9.17) is 0 Å². The number of benzene rings is 2.